The van der Waals surface area contributed by atoms with E-state index in [-0.39, 0.29) is 31.5 Å². The van der Waals surface area contributed by atoms with Crippen molar-refractivity contribution in [2.24, 2.45) is 0 Å². The van der Waals surface area contributed by atoms with Crippen LogP contribution in [0.2, 0.25) is 0 Å². The van der Waals surface area contributed by atoms with Crippen molar-refractivity contribution in [1.29, 1.82) is 0 Å². The van der Waals surface area contributed by atoms with E-state index in [0.717, 1.165) is 77.0 Å². The Hall–Kier alpha value is -2.55. The molecule has 1 amide bonds. The molecule has 2 N–H and O–H groups in total. The topological polar surface area (TPSA) is 111 Å². The fourth-order valence-electron chi connectivity index (χ4n) is 10.7. The fourth-order valence-corrected chi connectivity index (χ4v) is 11.4. The van der Waals surface area contributed by atoms with Crippen molar-refractivity contribution in [3.63, 3.8) is 0 Å². The first-order chi connectivity index (χ1) is 41.9. The maximum Gasteiger partial charge on any atom is 0.472 e. The number of quaternary nitrogens is 1. The molecule has 0 saturated heterocycles. The number of rotatable bonds is 67. The number of hydrogen-bond donors (Lipinski definition) is 2. The van der Waals surface area contributed by atoms with Gasteiger partial charge in [0.25, 0.3) is 0 Å². The fraction of sp³-hybridized carbons (Fsp3) is 0.816. The predicted octanol–water partition coefficient (Wildman–Crippen LogP) is 23.5. The van der Waals surface area contributed by atoms with Gasteiger partial charge < -0.3 is 19.4 Å². The zero-order valence-corrected chi connectivity index (χ0v) is 58.5. The maximum atomic E-state index is 13.6. The van der Waals surface area contributed by atoms with Crippen LogP contribution in [-0.4, -0.2) is 74.3 Å². The lowest BCUT2D eigenvalue weighted by molar-refractivity contribution is -0.870. The van der Waals surface area contributed by atoms with Gasteiger partial charge in [0.1, 0.15) is 19.3 Å². The molecule has 0 aromatic heterocycles. The van der Waals surface area contributed by atoms with Gasteiger partial charge in [-0.3, -0.25) is 18.6 Å². The number of carbonyl (C=O) groups excluding carboxylic acids is 2. The summed E-state index contributed by atoms with van der Waals surface area (Å²) in [6, 6.07) is -0.852. The summed E-state index contributed by atoms with van der Waals surface area (Å²) in [5.74, 6) is -0.498. The molecule has 0 rings (SSSR count). The number of nitrogens with zero attached hydrogens (tertiary/aromatic N) is 1. The monoisotopic (exact) mass is 1230 g/mol. The third-order valence-electron chi connectivity index (χ3n) is 16.4. The first kappa shape index (κ1) is 83.5. The highest BCUT2D eigenvalue weighted by Crippen LogP contribution is 2.43. The zero-order valence-electron chi connectivity index (χ0n) is 57.6. The Morgan fingerprint density at radius 1 is 0.407 bits per heavy atom. The van der Waals surface area contributed by atoms with Gasteiger partial charge in [0, 0.05) is 12.8 Å². The van der Waals surface area contributed by atoms with E-state index in [9.17, 15) is 19.0 Å². The Balaban J connectivity index is 5.02. The second-order valence-corrected chi connectivity index (χ2v) is 27.6. The number of phosphoric ester groups is 1. The largest absolute Gasteiger partial charge is 0.472 e. The van der Waals surface area contributed by atoms with E-state index in [1.54, 1.807) is 0 Å². The van der Waals surface area contributed by atoms with Gasteiger partial charge in [0.05, 0.1) is 33.8 Å². The molecule has 0 aromatic rings. The quantitative estimate of drug-likeness (QED) is 0.0205. The number of phosphoric acid groups is 1. The van der Waals surface area contributed by atoms with Gasteiger partial charge in [0.15, 0.2) is 0 Å². The first-order valence-corrected chi connectivity index (χ1v) is 38.3. The molecular weight excluding hydrogens is 1080 g/mol. The number of carbonyl (C=O) groups is 2. The van der Waals surface area contributed by atoms with Crippen molar-refractivity contribution >= 4 is 19.7 Å². The normalized spacial score (nSPS) is 13.9. The van der Waals surface area contributed by atoms with Crippen molar-refractivity contribution in [2.45, 2.75) is 360 Å². The summed E-state index contributed by atoms with van der Waals surface area (Å²) >= 11 is 0. The Kier molecular flexibility index (Phi) is 63.5. The summed E-state index contributed by atoms with van der Waals surface area (Å²) in [5.41, 5.74) is 0. The third-order valence-corrected chi connectivity index (χ3v) is 17.4. The molecule has 502 valence electrons. The second kappa shape index (κ2) is 65.4. The van der Waals surface area contributed by atoms with E-state index < -0.39 is 20.0 Å². The van der Waals surface area contributed by atoms with Crippen LogP contribution in [0.5, 0.6) is 0 Å². The summed E-state index contributed by atoms with van der Waals surface area (Å²) in [7, 11) is 1.50. The van der Waals surface area contributed by atoms with Crippen molar-refractivity contribution in [3.8, 4) is 0 Å². The highest BCUT2D eigenvalue weighted by Gasteiger charge is 2.30. The molecule has 0 aliphatic carbocycles. The summed E-state index contributed by atoms with van der Waals surface area (Å²) < 4.78 is 30.9. The van der Waals surface area contributed by atoms with E-state index >= 15 is 0 Å². The number of likely N-dealkylation sites (N-methyl/N-ethyl adjacent to an activating group) is 1. The molecule has 0 aliphatic rings. The SMILES string of the molecule is CCCCC/C=C\C/C=C\C/C=C\C/C=C\CCCCCCCCCCCCCC(=O)OC(/C=C\CCCCCCCCCCCC)C(COP(=O)(O)OCC[N+](C)(C)C)NC(=O)CCCCCCCCCCCCC/C=C/CCCCCCCC. The maximum absolute atomic E-state index is 13.6. The van der Waals surface area contributed by atoms with Gasteiger partial charge in [0.2, 0.25) is 5.91 Å². The Labute approximate surface area is 533 Å². The Bertz CT molecular complexity index is 1700. The van der Waals surface area contributed by atoms with Crippen molar-refractivity contribution < 1.29 is 37.3 Å². The molecule has 0 radical (unpaired) electrons. The molecule has 10 heteroatoms. The molecular formula is C76H142N2O7P+. The van der Waals surface area contributed by atoms with Crippen LogP contribution in [0.1, 0.15) is 348 Å². The minimum atomic E-state index is -4.46. The van der Waals surface area contributed by atoms with Crippen LogP contribution < -0.4 is 5.32 Å². The molecule has 0 bridgehead atoms. The molecule has 0 aliphatic heterocycles. The molecule has 0 spiro atoms. The third kappa shape index (κ3) is 65.9. The number of hydrogen-bond acceptors (Lipinski definition) is 6. The van der Waals surface area contributed by atoms with Crippen molar-refractivity contribution in [1.82, 2.24) is 5.32 Å². The number of amides is 1. The number of ether oxygens (including phenoxy) is 1. The van der Waals surface area contributed by atoms with Crippen LogP contribution in [-0.2, 0) is 27.9 Å². The minimum absolute atomic E-state index is 0.0389. The molecule has 9 nitrogen and oxygen atoms in total. The molecule has 0 heterocycles. The van der Waals surface area contributed by atoms with Crippen LogP contribution in [0.15, 0.2) is 72.9 Å². The predicted molar refractivity (Wildman–Crippen MR) is 374 cm³/mol. The average molecular weight is 1230 g/mol. The van der Waals surface area contributed by atoms with Crippen molar-refractivity contribution in [3.05, 3.63) is 72.9 Å². The molecule has 3 atom stereocenters. The van der Waals surface area contributed by atoms with E-state index in [2.05, 4.69) is 86.8 Å². The van der Waals surface area contributed by atoms with Crippen LogP contribution in [0.25, 0.3) is 0 Å². The highest BCUT2D eigenvalue weighted by atomic mass is 31.2. The molecule has 0 aromatic carbocycles. The van der Waals surface area contributed by atoms with E-state index in [0.29, 0.717) is 17.4 Å². The summed E-state index contributed by atoms with van der Waals surface area (Å²) in [6.07, 6.45) is 86.3. The van der Waals surface area contributed by atoms with E-state index in [4.69, 9.17) is 13.8 Å². The summed E-state index contributed by atoms with van der Waals surface area (Å²) in [5, 5.41) is 3.07. The zero-order chi connectivity index (χ0) is 62.8. The minimum Gasteiger partial charge on any atom is -0.456 e. The molecule has 0 fully saturated rings. The summed E-state index contributed by atoms with van der Waals surface area (Å²) in [4.78, 5) is 37.9. The molecule has 3 unspecified atom stereocenters. The van der Waals surface area contributed by atoms with Crippen LogP contribution in [0, 0.1) is 0 Å². The standard InChI is InChI=1S/C76H141N2O7P/c1-7-10-13-16-19-22-25-28-30-32-34-36-37-38-39-40-41-43-45-47-49-51-54-57-60-63-66-69-76(80)85-74(67-64-61-58-55-52-27-24-21-18-15-12-9-3)73(72-84-86(81,82)83-71-70-78(4,5)6)77-75(79)68-65-62-59-56-53-50-48-46-44-42-35-33-31-29-26-23-20-17-14-11-8-2/h19,22,28-31,34,36,38-39,64,67,73-74H,7-18,20-21,23-27,32-33,35,37,40-63,65-66,68-72H2,1-6H3,(H-,77,79,81,82)/p+1/b22-19-,30-28-,31-29+,36-34-,39-38-,67-64-. The van der Waals surface area contributed by atoms with Gasteiger partial charge in [-0.25, -0.2) is 4.57 Å². The average Bonchev–Trinajstić information content (AvgIpc) is 3.65. The number of nitrogens with one attached hydrogen (secondary N) is 1. The number of allylic oxidation sites excluding steroid dienone is 11. The van der Waals surface area contributed by atoms with E-state index in [1.165, 1.54) is 238 Å². The first-order valence-electron chi connectivity index (χ1n) is 36.8. The number of unbranched alkanes of at least 4 members (excludes halogenated alkanes) is 41. The number of esters is 1. The van der Waals surface area contributed by atoms with Crippen LogP contribution in [0.4, 0.5) is 0 Å². The van der Waals surface area contributed by atoms with Crippen LogP contribution >= 0.6 is 7.82 Å². The summed E-state index contributed by atoms with van der Waals surface area (Å²) in [6.45, 7) is 7.02. The Morgan fingerprint density at radius 3 is 1.09 bits per heavy atom. The smallest absolute Gasteiger partial charge is 0.456 e. The lowest BCUT2D eigenvalue weighted by atomic mass is 10.0. The van der Waals surface area contributed by atoms with Gasteiger partial charge >= 0.3 is 13.8 Å². The lowest BCUT2D eigenvalue weighted by Crippen LogP contribution is -2.47. The van der Waals surface area contributed by atoms with Gasteiger partial charge in [-0.1, -0.05) is 306 Å². The lowest BCUT2D eigenvalue weighted by Gasteiger charge is -2.27. The van der Waals surface area contributed by atoms with Crippen LogP contribution in [0.3, 0.4) is 0 Å². The van der Waals surface area contributed by atoms with E-state index in [1.807, 2.05) is 33.3 Å². The highest BCUT2D eigenvalue weighted by molar-refractivity contribution is 7.47. The van der Waals surface area contributed by atoms with Gasteiger partial charge in [-0.2, -0.15) is 0 Å². The Morgan fingerprint density at radius 2 is 0.709 bits per heavy atom. The van der Waals surface area contributed by atoms with Gasteiger partial charge in [-0.15, -0.1) is 0 Å². The molecule has 0 saturated carbocycles. The van der Waals surface area contributed by atoms with Gasteiger partial charge in [-0.05, 0) is 102 Å². The molecule has 86 heavy (non-hydrogen) atoms. The second-order valence-electron chi connectivity index (χ2n) is 26.1. The van der Waals surface area contributed by atoms with Crippen molar-refractivity contribution in [2.75, 3.05) is 40.9 Å².